The van der Waals surface area contributed by atoms with Crippen LogP contribution in [0.15, 0.2) is 35.3 Å². The van der Waals surface area contributed by atoms with Gasteiger partial charge in [-0.25, -0.2) is 0 Å². The molecule has 0 radical (unpaired) electrons. The molecule has 2 aliphatic heterocycles. The maximum absolute atomic E-state index is 5.79. The Morgan fingerprint density at radius 1 is 1.10 bits per heavy atom. The fourth-order valence-corrected chi connectivity index (χ4v) is 3.74. The first-order chi connectivity index (χ1) is 14.3. The number of halogens is 1. The summed E-state index contributed by atoms with van der Waals surface area (Å²) in [5, 5.41) is 6.79. The molecule has 1 aromatic carbocycles. The summed E-state index contributed by atoms with van der Waals surface area (Å²) >= 11 is 0. The van der Waals surface area contributed by atoms with Crippen LogP contribution in [0.1, 0.15) is 18.4 Å². The summed E-state index contributed by atoms with van der Waals surface area (Å²) < 4.78 is 11.1. The fourth-order valence-electron chi connectivity index (χ4n) is 3.74. The molecule has 1 atom stereocenters. The van der Waals surface area contributed by atoms with Crippen LogP contribution in [0.25, 0.3) is 0 Å². The molecule has 30 heavy (non-hydrogen) atoms. The lowest BCUT2D eigenvalue weighted by Gasteiger charge is -2.34. The van der Waals surface area contributed by atoms with E-state index in [0.717, 1.165) is 91.0 Å². The van der Waals surface area contributed by atoms with E-state index in [-0.39, 0.29) is 24.0 Å². The van der Waals surface area contributed by atoms with Crippen molar-refractivity contribution in [2.24, 2.45) is 4.99 Å². The highest BCUT2D eigenvalue weighted by atomic mass is 127. The number of rotatable bonds is 10. The molecule has 3 rings (SSSR count). The van der Waals surface area contributed by atoms with E-state index in [0.29, 0.717) is 6.10 Å². The van der Waals surface area contributed by atoms with Crippen molar-refractivity contribution < 1.29 is 9.47 Å². The first-order valence-corrected chi connectivity index (χ1v) is 11.0. The summed E-state index contributed by atoms with van der Waals surface area (Å²) in [6, 6.07) is 10.7. The van der Waals surface area contributed by atoms with E-state index < -0.39 is 0 Å². The van der Waals surface area contributed by atoms with Crippen LogP contribution in [0.3, 0.4) is 0 Å². The Morgan fingerprint density at radius 3 is 2.53 bits per heavy atom. The largest absolute Gasteiger partial charge is 0.379 e. The lowest BCUT2D eigenvalue weighted by molar-refractivity contribution is 0.0420. The van der Waals surface area contributed by atoms with Gasteiger partial charge in [-0.3, -0.25) is 14.8 Å². The molecule has 1 aromatic rings. The Labute approximate surface area is 198 Å². The number of aliphatic imine (C=N–C) groups is 1. The van der Waals surface area contributed by atoms with E-state index in [9.17, 15) is 0 Å². The molecule has 0 saturated carbocycles. The third kappa shape index (κ3) is 9.47. The fraction of sp³-hybridized carbons (Fsp3) is 0.682. The van der Waals surface area contributed by atoms with E-state index in [2.05, 4.69) is 55.8 Å². The lowest BCUT2D eigenvalue weighted by Crippen LogP contribution is -2.49. The summed E-state index contributed by atoms with van der Waals surface area (Å²) in [5.41, 5.74) is 1.40. The molecular weight excluding hydrogens is 493 g/mol. The van der Waals surface area contributed by atoms with E-state index in [1.807, 2.05) is 7.05 Å². The number of guanidine groups is 1. The van der Waals surface area contributed by atoms with E-state index in [1.54, 1.807) is 0 Å². The molecule has 2 fully saturated rings. The van der Waals surface area contributed by atoms with Gasteiger partial charge in [-0.05, 0) is 18.4 Å². The van der Waals surface area contributed by atoms with Crippen LogP contribution in [-0.2, 0) is 16.0 Å². The molecule has 2 heterocycles. The molecule has 8 heteroatoms. The van der Waals surface area contributed by atoms with Gasteiger partial charge in [0.2, 0.25) is 0 Å². The normalized spacial score (nSPS) is 20.7. The van der Waals surface area contributed by atoms with E-state index >= 15 is 0 Å². The van der Waals surface area contributed by atoms with Gasteiger partial charge in [0.1, 0.15) is 0 Å². The van der Waals surface area contributed by atoms with E-state index in [4.69, 9.17) is 9.47 Å². The predicted molar refractivity (Wildman–Crippen MR) is 133 cm³/mol. The zero-order valence-electron chi connectivity index (χ0n) is 18.2. The Kier molecular flexibility index (Phi) is 12.6. The minimum absolute atomic E-state index is 0. The van der Waals surface area contributed by atoms with Crippen molar-refractivity contribution in [1.82, 2.24) is 20.4 Å². The summed E-state index contributed by atoms with van der Waals surface area (Å²) in [7, 11) is 1.82. The molecule has 170 valence electrons. The van der Waals surface area contributed by atoms with Crippen LogP contribution in [0.5, 0.6) is 0 Å². The molecule has 1 unspecified atom stereocenters. The Bertz CT molecular complexity index is 590. The third-order valence-corrected chi connectivity index (χ3v) is 5.51. The van der Waals surface area contributed by atoms with Crippen molar-refractivity contribution >= 4 is 29.9 Å². The van der Waals surface area contributed by atoms with Crippen LogP contribution < -0.4 is 10.6 Å². The van der Waals surface area contributed by atoms with Gasteiger partial charge < -0.3 is 20.1 Å². The second kappa shape index (κ2) is 15.0. The molecule has 0 amide bonds. The molecule has 0 aliphatic carbocycles. The Morgan fingerprint density at radius 2 is 1.83 bits per heavy atom. The summed E-state index contributed by atoms with van der Waals surface area (Å²) in [6.07, 6.45) is 2.29. The third-order valence-electron chi connectivity index (χ3n) is 5.51. The van der Waals surface area contributed by atoms with Gasteiger partial charge in [-0.1, -0.05) is 30.3 Å². The maximum Gasteiger partial charge on any atom is 0.191 e. The lowest BCUT2D eigenvalue weighted by atomic mass is 10.2. The number of piperazine rings is 1. The van der Waals surface area contributed by atoms with Crippen LogP contribution in [0.2, 0.25) is 0 Å². The average Bonchev–Trinajstić information content (AvgIpc) is 3.28. The molecule has 0 bridgehead atoms. The van der Waals surface area contributed by atoms with Gasteiger partial charge in [0.05, 0.1) is 12.7 Å². The van der Waals surface area contributed by atoms with Gasteiger partial charge in [0.25, 0.3) is 0 Å². The number of ether oxygens (including phenoxy) is 2. The number of nitrogens with zero attached hydrogens (tertiary/aromatic N) is 3. The summed E-state index contributed by atoms with van der Waals surface area (Å²) in [5.74, 6) is 0.872. The zero-order chi connectivity index (χ0) is 20.2. The number of benzene rings is 1. The monoisotopic (exact) mass is 531 g/mol. The second-order valence-corrected chi connectivity index (χ2v) is 7.74. The van der Waals surface area contributed by atoms with Crippen molar-refractivity contribution in [1.29, 1.82) is 0 Å². The van der Waals surface area contributed by atoms with Gasteiger partial charge in [0.15, 0.2) is 5.96 Å². The summed E-state index contributed by atoms with van der Waals surface area (Å²) in [4.78, 5) is 9.38. The SMILES string of the molecule is CN=C(NCCCOC1CCOC1)NCCN1CCN(Cc2ccccc2)CC1.I. The molecule has 2 saturated heterocycles. The number of hydrogen-bond donors (Lipinski definition) is 2. The van der Waals surface area contributed by atoms with Gasteiger partial charge in [-0.15, -0.1) is 24.0 Å². The number of nitrogens with one attached hydrogen (secondary N) is 2. The Hall–Kier alpha value is -0.940. The molecular formula is C22H38IN5O2. The number of hydrogen-bond acceptors (Lipinski definition) is 5. The van der Waals surface area contributed by atoms with Gasteiger partial charge in [-0.2, -0.15) is 0 Å². The average molecular weight is 531 g/mol. The van der Waals surface area contributed by atoms with Gasteiger partial charge >= 0.3 is 0 Å². The highest BCUT2D eigenvalue weighted by Crippen LogP contribution is 2.08. The molecule has 0 aromatic heterocycles. The van der Waals surface area contributed by atoms with Crippen molar-refractivity contribution in [2.75, 3.05) is 72.7 Å². The minimum atomic E-state index is 0. The first-order valence-electron chi connectivity index (χ1n) is 11.0. The van der Waals surface area contributed by atoms with Crippen LogP contribution in [-0.4, -0.2) is 94.5 Å². The summed E-state index contributed by atoms with van der Waals surface area (Å²) in [6.45, 7) is 10.8. The Balaban J connectivity index is 0.00000320. The van der Waals surface area contributed by atoms with Crippen LogP contribution in [0, 0.1) is 0 Å². The topological polar surface area (TPSA) is 61.4 Å². The van der Waals surface area contributed by atoms with Crippen molar-refractivity contribution in [2.45, 2.75) is 25.5 Å². The van der Waals surface area contributed by atoms with Gasteiger partial charge in [0, 0.05) is 72.6 Å². The molecule has 7 nitrogen and oxygen atoms in total. The standard InChI is InChI=1S/C22H37N5O2.HI/c1-23-22(24-9-5-16-29-21-8-17-28-19-21)25-10-11-26-12-14-27(15-13-26)18-20-6-3-2-4-7-20;/h2-4,6-7,21H,5,8-19H2,1H3,(H2,23,24,25);1H. The minimum Gasteiger partial charge on any atom is -0.379 e. The quantitative estimate of drug-likeness (QED) is 0.208. The van der Waals surface area contributed by atoms with Crippen molar-refractivity contribution in [3.63, 3.8) is 0 Å². The zero-order valence-corrected chi connectivity index (χ0v) is 20.6. The van der Waals surface area contributed by atoms with Crippen molar-refractivity contribution in [3.05, 3.63) is 35.9 Å². The second-order valence-electron chi connectivity index (χ2n) is 7.74. The van der Waals surface area contributed by atoms with E-state index in [1.165, 1.54) is 5.56 Å². The highest BCUT2D eigenvalue weighted by Gasteiger charge is 2.17. The first kappa shape index (κ1) is 25.3. The predicted octanol–water partition coefficient (Wildman–Crippen LogP) is 1.78. The van der Waals surface area contributed by atoms with Crippen LogP contribution in [0.4, 0.5) is 0 Å². The van der Waals surface area contributed by atoms with Crippen LogP contribution >= 0.6 is 24.0 Å². The molecule has 2 aliphatic rings. The molecule has 0 spiro atoms. The van der Waals surface area contributed by atoms with Crippen molar-refractivity contribution in [3.8, 4) is 0 Å². The highest BCUT2D eigenvalue weighted by molar-refractivity contribution is 14.0. The maximum atomic E-state index is 5.79. The smallest absolute Gasteiger partial charge is 0.191 e. The molecule has 2 N–H and O–H groups in total.